The molecule has 0 radical (unpaired) electrons. The zero-order valence-corrected chi connectivity index (χ0v) is 20.3. The van der Waals surface area contributed by atoms with Crippen molar-refractivity contribution in [2.24, 2.45) is 46.8 Å². The summed E-state index contributed by atoms with van der Waals surface area (Å²) in [5, 5.41) is 33.9. The van der Waals surface area contributed by atoms with E-state index in [0.717, 1.165) is 18.4 Å². The van der Waals surface area contributed by atoms with Crippen LogP contribution in [0.4, 0.5) is 0 Å². The lowest BCUT2D eigenvalue weighted by Gasteiger charge is -2.52. The minimum Gasteiger partial charge on any atom is -0.459 e. The smallest absolute Gasteiger partial charge is 0.309 e. The first kappa shape index (κ1) is 23.9. The Kier molecular flexibility index (Phi) is 5.51. The van der Waals surface area contributed by atoms with E-state index in [0.29, 0.717) is 6.42 Å². The molecule has 0 aromatic rings. The van der Waals surface area contributed by atoms with Crippen LogP contribution in [0.5, 0.6) is 0 Å². The Balaban J connectivity index is 1.46. The molecule has 0 spiro atoms. The summed E-state index contributed by atoms with van der Waals surface area (Å²) in [7, 11) is 0. The van der Waals surface area contributed by atoms with Crippen LogP contribution in [0.2, 0.25) is 0 Å². The second-order valence-corrected chi connectivity index (χ2v) is 11.8. The highest BCUT2D eigenvalue weighted by Gasteiger charge is 2.65. The lowest BCUT2D eigenvalue weighted by Crippen LogP contribution is -2.59. The van der Waals surface area contributed by atoms with Crippen LogP contribution >= 0.6 is 0 Å². The highest BCUT2D eigenvalue weighted by Crippen LogP contribution is 2.61. The maximum atomic E-state index is 13.6. The molecule has 4 aliphatic carbocycles. The molecule has 5 rings (SSSR count). The highest BCUT2D eigenvalue weighted by molar-refractivity contribution is 5.99. The van der Waals surface area contributed by atoms with Crippen LogP contribution < -0.4 is 0 Å². The summed E-state index contributed by atoms with van der Waals surface area (Å²) in [5.41, 5.74) is -1.45. The monoisotopic (exact) mass is 472 g/mol. The summed E-state index contributed by atoms with van der Waals surface area (Å²) in [4.78, 5) is 38.7. The number of aliphatic hydroxyl groups excluding tert-OH is 2. The zero-order valence-electron chi connectivity index (χ0n) is 20.3. The highest BCUT2D eigenvalue weighted by atomic mass is 16.6. The number of hydrogen-bond donors (Lipinski definition) is 3. The van der Waals surface area contributed by atoms with Gasteiger partial charge in [-0.05, 0) is 56.9 Å². The number of cyclic esters (lactones) is 1. The van der Waals surface area contributed by atoms with Crippen molar-refractivity contribution in [1.29, 1.82) is 0 Å². The minimum absolute atomic E-state index is 0.0367. The summed E-state index contributed by atoms with van der Waals surface area (Å²) in [6.07, 6.45) is 4.37. The number of fused-ring (bicyclic) bond motifs is 5. The van der Waals surface area contributed by atoms with E-state index in [1.165, 1.54) is 6.92 Å². The number of hydrogen-bond acceptors (Lipinski definition) is 7. The molecule has 12 atom stereocenters. The number of ketones is 2. The van der Waals surface area contributed by atoms with E-state index in [4.69, 9.17) is 4.74 Å². The summed E-state index contributed by atoms with van der Waals surface area (Å²) < 4.78 is 5.39. The first-order valence-electron chi connectivity index (χ1n) is 12.6. The molecule has 0 amide bonds. The van der Waals surface area contributed by atoms with Crippen LogP contribution in [0.1, 0.15) is 53.4 Å². The van der Waals surface area contributed by atoms with Gasteiger partial charge in [0.1, 0.15) is 18.0 Å². The van der Waals surface area contributed by atoms with E-state index >= 15 is 0 Å². The average molecular weight is 473 g/mol. The molecule has 1 aliphatic heterocycles. The molecular weight excluding hydrogens is 436 g/mol. The Bertz CT molecular complexity index is 979. The van der Waals surface area contributed by atoms with E-state index in [9.17, 15) is 29.7 Å². The number of ether oxygens (including phenoxy) is 1. The van der Waals surface area contributed by atoms with E-state index in [2.05, 4.69) is 6.08 Å². The largest absolute Gasteiger partial charge is 0.459 e. The normalized spacial score (nSPS) is 48.4. The van der Waals surface area contributed by atoms with Crippen LogP contribution in [-0.2, 0) is 19.1 Å². The Morgan fingerprint density at radius 2 is 1.91 bits per heavy atom. The second kappa shape index (κ2) is 7.84. The number of rotatable bonds is 3. The van der Waals surface area contributed by atoms with Crippen LogP contribution in [0.25, 0.3) is 0 Å². The van der Waals surface area contributed by atoms with E-state index < -0.39 is 53.1 Å². The maximum Gasteiger partial charge on any atom is 0.309 e. The standard InChI is InChI=1S/C27H36O7/c1-12-13(2)25(32)34-23(12)24(31)27(4,33)22-19(29)10-16-15-9-8-14-6-5-7-20(30)26(14,3)17(15)11-18(28)21(16)22/h5,7-8,12-13,15-17,19,21-24,29,31,33H,6,9-11H2,1-4H3/t12-,13-,15+,16+,17+,19+,21-,22+,23-,24+,26+,27-/m1/s1. The number of esters is 1. The Labute approximate surface area is 200 Å². The molecule has 1 heterocycles. The minimum atomic E-state index is -1.83. The van der Waals surface area contributed by atoms with Crippen molar-refractivity contribution < 1.29 is 34.4 Å². The van der Waals surface area contributed by atoms with Crippen LogP contribution in [0.15, 0.2) is 23.8 Å². The number of carbonyl (C=O) groups is 3. The van der Waals surface area contributed by atoms with Crippen LogP contribution in [-0.4, -0.2) is 56.8 Å². The molecule has 7 heteroatoms. The zero-order chi connectivity index (χ0) is 24.7. The number of aliphatic hydroxyl groups is 3. The van der Waals surface area contributed by atoms with Crippen molar-refractivity contribution >= 4 is 17.5 Å². The van der Waals surface area contributed by atoms with Crippen molar-refractivity contribution in [3.63, 3.8) is 0 Å². The summed E-state index contributed by atoms with van der Waals surface area (Å²) in [5.74, 6) is -2.90. The molecule has 3 fully saturated rings. The van der Waals surface area contributed by atoms with Crippen LogP contribution in [0.3, 0.4) is 0 Å². The SMILES string of the molecule is C[C@H]1[C@H]([C@H](O)[C@](C)(O)[C@@H]2[C@H]3C(=O)C[C@H]4[C@@H](CC=C5CC=CC(=O)[C@@]54C)[C@@H]3C[C@@H]2O)OC(=O)[C@@H]1C. The van der Waals surface area contributed by atoms with Gasteiger partial charge < -0.3 is 20.1 Å². The molecule has 7 nitrogen and oxygen atoms in total. The van der Waals surface area contributed by atoms with Crippen molar-refractivity contribution in [2.75, 3.05) is 0 Å². The van der Waals surface area contributed by atoms with E-state index in [-0.39, 0.29) is 41.7 Å². The molecule has 0 aromatic heterocycles. The quantitative estimate of drug-likeness (QED) is 0.424. The summed E-state index contributed by atoms with van der Waals surface area (Å²) in [6, 6.07) is 0. The fraction of sp³-hybridized carbons (Fsp3) is 0.741. The lowest BCUT2D eigenvalue weighted by molar-refractivity contribution is -0.185. The topological polar surface area (TPSA) is 121 Å². The van der Waals surface area contributed by atoms with Crippen molar-refractivity contribution in [3.05, 3.63) is 23.8 Å². The van der Waals surface area contributed by atoms with Gasteiger partial charge in [0.15, 0.2) is 5.78 Å². The Morgan fingerprint density at radius 3 is 2.56 bits per heavy atom. The summed E-state index contributed by atoms with van der Waals surface area (Å²) >= 11 is 0. The van der Waals surface area contributed by atoms with E-state index in [1.807, 2.05) is 13.0 Å². The predicted octanol–water partition coefficient (Wildman–Crippen LogP) is 1.98. The van der Waals surface area contributed by atoms with Gasteiger partial charge in [0.25, 0.3) is 0 Å². The van der Waals surface area contributed by atoms with Gasteiger partial charge in [0.05, 0.1) is 23.0 Å². The molecule has 0 bridgehead atoms. The van der Waals surface area contributed by atoms with E-state index in [1.54, 1.807) is 19.9 Å². The van der Waals surface area contributed by atoms with Crippen LogP contribution in [0, 0.1) is 46.8 Å². The van der Waals surface area contributed by atoms with Gasteiger partial charge in [-0.1, -0.05) is 31.6 Å². The maximum absolute atomic E-state index is 13.6. The molecule has 34 heavy (non-hydrogen) atoms. The fourth-order valence-electron chi connectivity index (χ4n) is 8.05. The summed E-state index contributed by atoms with van der Waals surface area (Å²) in [6.45, 7) is 6.93. The third kappa shape index (κ3) is 3.09. The molecule has 3 N–H and O–H groups in total. The number of carbonyl (C=O) groups excluding carboxylic acids is 3. The second-order valence-electron chi connectivity index (χ2n) is 11.8. The van der Waals surface area contributed by atoms with Gasteiger partial charge in [0.2, 0.25) is 0 Å². The Morgan fingerprint density at radius 1 is 1.21 bits per heavy atom. The number of Topliss-reactive ketones (excluding diaryl/α,β-unsaturated/α-hetero) is 1. The predicted molar refractivity (Wildman–Crippen MR) is 122 cm³/mol. The first-order valence-corrected chi connectivity index (χ1v) is 12.6. The molecular formula is C27H36O7. The lowest BCUT2D eigenvalue weighted by atomic mass is 9.50. The van der Waals surface area contributed by atoms with Gasteiger partial charge in [-0.15, -0.1) is 0 Å². The van der Waals surface area contributed by atoms with Gasteiger partial charge in [-0.25, -0.2) is 0 Å². The van der Waals surface area contributed by atoms with Gasteiger partial charge in [-0.3, -0.25) is 14.4 Å². The molecule has 2 saturated carbocycles. The third-order valence-corrected chi connectivity index (χ3v) is 10.3. The third-order valence-electron chi connectivity index (χ3n) is 10.3. The molecule has 5 aliphatic rings. The van der Waals surface area contributed by atoms with Gasteiger partial charge >= 0.3 is 5.97 Å². The molecule has 1 saturated heterocycles. The Hall–Kier alpha value is -1.83. The van der Waals surface area contributed by atoms with Gasteiger partial charge in [-0.2, -0.15) is 0 Å². The molecule has 0 unspecified atom stereocenters. The first-order chi connectivity index (χ1) is 15.9. The van der Waals surface area contributed by atoms with Crippen molar-refractivity contribution in [1.82, 2.24) is 0 Å². The fourth-order valence-corrected chi connectivity index (χ4v) is 8.05. The number of allylic oxidation sites excluding steroid dienone is 4. The van der Waals surface area contributed by atoms with Crippen molar-refractivity contribution in [3.8, 4) is 0 Å². The van der Waals surface area contributed by atoms with Gasteiger partial charge in [0, 0.05) is 24.2 Å². The van der Waals surface area contributed by atoms with Crippen molar-refractivity contribution in [2.45, 2.75) is 77.3 Å². The average Bonchev–Trinajstić information content (AvgIpc) is 3.27. The molecule has 0 aromatic carbocycles. The molecule has 186 valence electrons.